The third-order valence-corrected chi connectivity index (χ3v) is 3.78. The number of aryl methyl sites for hydroxylation is 1. The van der Waals surface area contributed by atoms with E-state index in [2.05, 4.69) is 20.3 Å². The summed E-state index contributed by atoms with van der Waals surface area (Å²) >= 11 is 1.10. The standard InChI is InChI=1S/C13H11N5O2S/c1-8-2-4-9(5-3-8)18-12-11(16-17-18)13(15-7-14-12)21-6-10(19)20/h2-5,7H,6H2,1H3,(H,19,20). The van der Waals surface area contributed by atoms with Gasteiger partial charge in [-0.15, -0.1) is 5.10 Å². The topological polar surface area (TPSA) is 93.8 Å². The Bertz CT molecular complexity index is 800. The van der Waals surface area contributed by atoms with E-state index in [1.165, 1.54) is 6.33 Å². The van der Waals surface area contributed by atoms with E-state index in [0.29, 0.717) is 16.2 Å². The molecule has 0 atom stereocenters. The van der Waals surface area contributed by atoms with Crippen molar-refractivity contribution < 1.29 is 9.90 Å². The van der Waals surface area contributed by atoms with Crippen LogP contribution in [0.15, 0.2) is 35.6 Å². The molecule has 2 aromatic heterocycles. The molecule has 3 aromatic rings. The first kappa shape index (κ1) is 13.5. The van der Waals surface area contributed by atoms with Crippen LogP contribution in [-0.2, 0) is 4.79 Å². The minimum Gasteiger partial charge on any atom is -0.481 e. The van der Waals surface area contributed by atoms with E-state index < -0.39 is 5.97 Å². The van der Waals surface area contributed by atoms with Gasteiger partial charge in [0.2, 0.25) is 0 Å². The molecule has 0 unspecified atom stereocenters. The second-order valence-corrected chi connectivity index (χ2v) is 5.33. The molecule has 0 saturated heterocycles. The fraction of sp³-hybridized carbons (Fsp3) is 0.154. The number of benzene rings is 1. The number of thioether (sulfide) groups is 1. The molecule has 0 bridgehead atoms. The van der Waals surface area contributed by atoms with E-state index in [9.17, 15) is 4.79 Å². The number of carboxylic acids is 1. The van der Waals surface area contributed by atoms with Crippen LogP contribution in [0.5, 0.6) is 0 Å². The maximum Gasteiger partial charge on any atom is 0.313 e. The average molecular weight is 301 g/mol. The fourth-order valence-corrected chi connectivity index (χ4v) is 2.47. The van der Waals surface area contributed by atoms with Gasteiger partial charge in [-0.05, 0) is 19.1 Å². The van der Waals surface area contributed by atoms with Crippen LogP contribution in [-0.4, -0.2) is 41.8 Å². The molecule has 3 rings (SSSR count). The number of aliphatic carboxylic acids is 1. The predicted octanol–water partition coefficient (Wildman–Crippen LogP) is 1.70. The number of hydrogen-bond acceptors (Lipinski definition) is 6. The molecule has 8 heteroatoms. The van der Waals surface area contributed by atoms with Crippen molar-refractivity contribution in [2.24, 2.45) is 0 Å². The molecule has 0 radical (unpaired) electrons. The van der Waals surface area contributed by atoms with Gasteiger partial charge in [0, 0.05) is 0 Å². The Morgan fingerprint density at radius 3 is 2.76 bits per heavy atom. The van der Waals surface area contributed by atoms with Gasteiger partial charge in [0.15, 0.2) is 11.2 Å². The van der Waals surface area contributed by atoms with E-state index >= 15 is 0 Å². The molecule has 0 amide bonds. The highest BCUT2D eigenvalue weighted by molar-refractivity contribution is 8.00. The van der Waals surface area contributed by atoms with Gasteiger partial charge in [-0.3, -0.25) is 4.79 Å². The number of hydrogen-bond donors (Lipinski definition) is 1. The second-order valence-electron chi connectivity index (χ2n) is 4.37. The van der Waals surface area contributed by atoms with Crippen molar-refractivity contribution in [1.29, 1.82) is 0 Å². The number of carboxylic acid groups (broad SMARTS) is 1. The molecule has 1 N–H and O–H groups in total. The van der Waals surface area contributed by atoms with Gasteiger partial charge >= 0.3 is 5.97 Å². The lowest BCUT2D eigenvalue weighted by Crippen LogP contribution is -2.00. The molecular formula is C13H11N5O2S. The monoisotopic (exact) mass is 301 g/mol. The lowest BCUT2D eigenvalue weighted by Gasteiger charge is -2.02. The number of fused-ring (bicyclic) bond motifs is 1. The van der Waals surface area contributed by atoms with Crippen molar-refractivity contribution in [1.82, 2.24) is 25.0 Å². The van der Waals surface area contributed by atoms with Crippen LogP contribution < -0.4 is 0 Å². The van der Waals surface area contributed by atoms with Gasteiger partial charge in [-0.25, -0.2) is 9.97 Å². The molecule has 0 fully saturated rings. The molecule has 1 aromatic carbocycles. The summed E-state index contributed by atoms with van der Waals surface area (Å²) in [6, 6.07) is 7.81. The lowest BCUT2D eigenvalue weighted by atomic mass is 10.2. The van der Waals surface area contributed by atoms with Crippen molar-refractivity contribution in [3.63, 3.8) is 0 Å². The van der Waals surface area contributed by atoms with Crippen molar-refractivity contribution in [2.45, 2.75) is 11.9 Å². The largest absolute Gasteiger partial charge is 0.481 e. The Kier molecular flexibility index (Phi) is 3.53. The summed E-state index contributed by atoms with van der Waals surface area (Å²) in [6.45, 7) is 2.01. The average Bonchev–Trinajstić information content (AvgIpc) is 2.90. The molecule has 0 aliphatic heterocycles. The summed E-state index contributed by atoms with van der Waals surface area (Å²) in [5.41, 5.74) is 3.05. The summed E-state index contributed by atoms with van der Waals surface area (Å²) < 4.78 is 1.61. The molecule has 21 heavy (non-hydrogen) atoms. The SMILES string of the molecule is Cc1ccc(-n2nnc3c(SCC(=O)O)ncnc32)cc1. The zero-order chi connectivity index (χ0) is 14.8. The molecular weight excluding hydrogens is 290 g/mol. The first-order valence-electron chi connectivity index (χ1n) is 6.13. The van der Waals surface area contributed by atoms with Crippen molar-refractivity contribution >= 4 is 28.9 Å². The van der Waals surface area contributed by atoms with Crippen molar-refractivity contribution in [3.05, 3.63) is 36.2 Å². The Balaban J connectivity index is 2.04. The van der Waals surface area contributed by atoms with Gasteiger partial charge in [-0.1, -0.05) is 34.7 Å². The molecule has 7 nitrogen and oxygen atoms in total. The van der Waals surface area contributed by atoms with Crippen LogP contribution in [0, 0.1) is 6.92 Å². The first-order chi connectivity index (χ1) is 10.1. The quantitative estimate of drug-likeness (QED) is 0.579. The minimum atomic E-state index is -0.905. The lowest BCUT2D eigenvalue weighted by molar-refractivity contribution is -0.133. The van der Waals surface area contributed by atoms with E-state index in [4.69, 9.17) is 5.11 Å². The highest BCUT2D eigenvalue weighted by Crippen LogP contribution is 2.23. The summed E-state index contributed by atoms with van der Waals surface area (Å²) in [7, 11) is 0. The number of aromatic nitrogens is 5. The fourth-order valence-electron chi connectivity index (χ4n) is 1.82. The zero-order valence-electron chi connectivity index (χ0n) is 11.1. The van der Waals surface area contributed by atoms with Gasteiger partial charge < -0.3 is 5.11 Å². The van der Waals surface area contributed by atoms with Crippen molar-refractivity contribution in [3.8, 4) is 5.69 Å². The Labute approximate surface area is 124 Å². The van der Waals surface area contributed by atoms with Gasteiger partial charge in [0.25, 0.3) is 0 Å². The van der Waals surface area contributed by atoms with Crippen LogP contribution in [0.4, 0.5) is 0 Å². The van der Waals surface area contributed by atoms with Crippen LogP contribution >= 0.6 is 11.8 Å². The Morgan fingerprint density at radius 2 is 2.05 bits per heavy atom. The van der Waals surface area contributed by atoms with Gasteiger partial charge in [-0.2, -0.15) is 4.68 Å². The summed E-state index contributed by atoms with van der Waals surface area (Å²) in [5, 5.41) is 17.4. The maximum atomic E-state index is 10.7. The van der Waals surface area contributed by atoms with E-state index in [1.54, 1.807) is 4.68 Å². The van der Waals surface area contributed by atoms with E-state index in [1.807, 2.05) is 31.2 Å². The van der Waals surface area contributed by atoms with E-state index in [0.717, 1.165) is 23.0 Å². The third-order valence-electron chi connectivity index (χ3n) is 2.82. The van der Waals surface area contributed by atoms with Crippen LogP contribution in [0.3, 0.4) is 0 Å². The van der Waals surface area contributed by atoms with Crippen molar-refractivity contribution in [2.75, 3.05) is 5.75 Å². The van der Waals surface area contributed by atoms with Crippen LogP contribution in [0.2, 0.25) is 0 Å². The third kappa shape index (κ3) is 2.70. The second kappa shape index (κ2) is 5.49. The summed E-state index contributed by atoms with van der Waals surface area (Å²) in [6.07, 6.45) is 1.39. The molecule has 2 heterocycles. The Morgan fingerprint density at radius 1 is 1.29 bits per heavy atom. The minimum absolute atomic E-state index is 0.0799. The van der Waals surface area contributed by atoms with E-state index in [-0.39, 0.29) is 5.75 Å². The van der Waals surface area contributed by atoms with Crippen LogP contribution in [0.25, 0.3) is 16.9 Å². The normalized spacial score (nSPS) is 10.9. The summed E-state index contributed by atoms with van der Waals surface area (Å²) in [4.78, 5) is 18.9. The number of rotatable bonds is 4. The smallest absolute Gasteiger partial charge is 0.313 e. The first-order valence-corrected chi connectivity index (χ1v) is 7.12. The van der Waals surface area contributed by atoms with Gasteiger partial charge in [0.05, 0.1) is 11.4 Å². The molecule has 0 aliphatic rings. The summed E-state index contributed by atoms with van der Waals surface area (Å²) in [5.74, 6) is -0.985. The molecule has 0 spiro atoms. The predicted molar refractivity (Wildman–Crippen MR) is 77.6 cm³/mol. The number of carbonyl (C=O) groups is 1. The van der Waals surface area contributed by atoms with Crippen LogP contribution in [0.1, 0.15) is 5.56 Å². The molecule has 0 aliphatic carbocycles. The Hall–Kier alpha value is -2.48. The highest BCUT2D eigenvalue weighted by Gasteiger charge is 2.14. The maximum absolute atomic E-state index is 10.7. The number of nitrogens with zero attached hydrogens (tertiary/aromatic N) is 5. The molecule has 106 valence electrons. The molecule has 0 saturated carbocycles. The highest BCUT2D eigenvalue weighted by atomic mass is 32.2. The zero-order valence-corrected chi connectivity index (χ0v) is 11.9. The van der Waals surface area contributed by atoms with Gasteiger partial charge in [0.1, 0.15) is 11.4 Å².